The van der Waals surface area contributed by atoms with E-state index in [0.717, 1.165) is 51.2 Å². The molecule has 3 rings (SSSR count). The minimum Gasteiger partial charge on any atom is -1.00 e. The molecule has 22 heavy (non-hydrogen) atoms. The second-order valence-corrected chi connectivity index (χ2v) is 5.02. The molecular weight excluding hydrogens is 506 g/mol. The van der Waals surface area contributed by atoms with Crippen LogP contribution in [0.25, 0.3) is 0 Å². The van der Waals surface area contributed by atoms with Crippen molar-refractivity contribution in [1.29, 1.82) is 0 Å². The van der Waals surface area contributed by atoms with Crippen LogP contribution >= 0.6 is 0 Å². The monoisotopic (exact) mass is 528 g/mol. The molecule has 0 atom stereocenters. The predicted molar refractivity (Wildman–Crippen MR) is 78.3 cm³/mol. The molecule has 0 saturated carbocycles. The summed E-state index contributed by atoms with van der Waals surface area (Å²) in [6, 6.07) is 8.72. The van der Waals surface area contributed by atoms with Gasteiger partial charge in [-0.2, -0.15) is 0 Å². The van der Waals surface area contributed by atoms with E-state index in [1.165, 1.54) is 11.1 Å². The molecule has 0 aromatic heterocycles. The van der Waals surface area contributed by atoms with Gasteiger partial charge in [-0.05, 0) is 6.07 Å². The Morgan fingerprint density at radius 3 is 1.77 bits per heavy atom. The Morgan fingerprint density at radius 2 is 1.36 bits per heavy atom. The van der Waals surface area contributed by atoms with E-state index >= 15 is 0 Å². The highest BCUT2D eigenvalue weighted by atomic mass is 127. The summed E-state index contributed by atoms with van der Waals surface area (Å²) in [7, 11) is 0. The van der Waals surface area contributed by atoms with Crippen LogP contribution in [0.2, 0.25) is 0 Å². The lowest BCUT2D eigenvalue weighted by Crippen LogP contribution is -3.00. The number of quaternary nitrogens is 2. The Labute approximate surface area is 165 Å². The van der Waals surface area contributed by atoms with Crippen LogP contribution in [0.3, 0.4) is 0 Å². The van der Waals surface area contributed by atoms with Crippen molar-refractivity contribution in [2.24, 2.45) is 9.98 Å². The van der Waals surface area contributed by atoms with Crippen LogP contribution in [0, 0.1) is 0 Å². The number of nitrogens with two attached hydrogens (primary N) is 2. The van der Waals surface area contributed by atoms with Crippen LogP contribution in [0.5, 0.6) is 0 Å². The first-order valence-corrected chi connectivity index (χ1v) is 7.21. The van der Waals surface area contributed by atoms with E-state index in [4.69, 9.17) is 0 Å². The zero-order valence-electron chi connectivity index (χ0n) is 12.4. The number of rotatable bonds is 4. The molecule has 1 aromatic carbocycles. The normalized spacial score (nSPS) is 15.8. The van der Waals surface area contributed by atoms with Crippen LogP contribution in [0.4, 0.5) is 0 Å². The van der Waals surface area contributed by atoms with Gasteiger partial charge in [0.05, 0.1) is 13.1 Å². The average molecular weight is 528 g/mol. The van der Waals surface area contributed by atoms with E-state index in [1.54, 1.807) is 0 Å². The van der Waals surface area contributed by atoms with Gasteiger partial charge in [0.2, 0.25) is 0 Å². The van der Waals surface area contributed by atoms with Gasteiger partial charge in [-0.1, -0.05) is 18.2 Å². The highest BCUT2D eigenvalue weighted by Crippen LogP contribution is 2.02. The fourth-order valence-electron chi connectivity index (χ4n) is 2.42. The maximum Gasteiger partial charge on any atom is 0.294 e. The second-order valence-electron chi connectivity index (χ2n) is 5.02. The van der Waals surface area contributed by atoms with Gasteiger partial charge in [0.15, 0.2) is 0 Å². The van der Waals surface area contributed by atoms with Gasteiger partial charge in [0, 0.05) is 24.2 Å². The van der Waals surface area contributed by atoms with Crippen molar-refractivity contribution in [2.45, 2.75) is 13.1 Å². The Kier molecular flexibility index (Phi) is 9.21. The third-order valence-corrected chi connectivity index (χ3v) is 3.45. The number of guanidine groups is 2. The number of hydrogen-bond donors (Lipinski definition) is 4. The van der Waals surface area contributed by atoms with E-state index < -0.39 is 0 Å². The smallest absolute Gasteiger partial charge is 0.294 e. The van der Waals surface area contributed by atoms with Crippen LogP contribution in [0.15, 0.2) is 34.3 Å². The summed E-state index contributed by atoms with van der Waals surface area (Å²) in [6.45, 7) is 5.59. The molecule has 2 heterocycles. The zero-order valence-corrected chi connectivity index (χ0v) is 16.7. The van der Waals surface area contributed by atoms with Crippen molar-refractivity contribution >= 4 is 11.9 Å². The van der Waals surface area contributed by atoms with Gasteiger partial charge in [-0.15, -0.1) is 0 Å². The Bertz CT molecular complexity index is 489. The van der Waals surface area contributed by atoms with E-state index in [-0.39, 0.29) is 48.0 Å². The van der Waals surface area contributed by atoms with Gasteiger partial charge in [0.25, 0.3) is 11.9 Å². The van der Waals surface area contributed by atoms with Crippen LogP contribution in [0.1, 0.15) is 11.1 Å². The Morgan fingerprint density at radius 1 is 0.864 bits per heavy atom. The maximum absolute atomic E-state index is 4.38. The summed E-state index contributed by atoms with van der Waals surface area (Å²) in [5.41, 5.74) is 2.65. The second kappa shape index (κ2) is 10.3. The minimum atomic E-state index is 0. The molecular formula is C14H22I2N6. The lowest BCUT2D eigenvalue weighted by atomic mass is 10.1. The van der Waals surface area contributed by atoms with Crippen molar-refractivity contribution < 1.29 is 58.6 Å². The van der Waals surface area contributed by atoms with E-state index in [9.17, 15) is 0 Å². The predicted octanol–water partition coefficient (Wildman–Crippen LogP) is -8.26. The summed E-state index contributed by atoms with van der Waals surface area (Å²) in [5, 5.41) is 10.9. The van der Waals surface area contributed by atoms with Crippen LogP contribution < -0.4 is 69.2 Å². The summed E-state index contributed by atoms with van der Waals surface area (Å²) in [5.74, 6) is 2.07. The molecule has 0 saturated heterocycles. The van der Waals surface area contributed by atoms with E-state index in [1.807, 2.05) is 0 Å². The Balaban J connectivity index is 0.00000121. The number of benzene rings is 1. The maximum atomic E-state index is 4.38. The largest absolute Gasteiger partial charge is 1.00 e. The first kappa shape index (κ1) is 19.6. The van der Waals surface area contributed by atoms with Gasteiger partial charge >= 0.3 is 0 Å². The fraction of sp³-hybridized carbons (Fsp3) is 0.429. The molecule has 0 unspecified atom stereocenters. The average Bonchev–Trinajstić information content (AvgIpc) is 3.17. The SMILES string of the molecule is [I-].[I-].c1cc(C[NH2+]C2=NCCN2)cc(C[NH2+]C2=NCCN2)c1. The van der Waals surface area contributed by atoms with E-state index in [2.05, 4.69) is 55.5 Å². The van der Waals surface area contributed by atoms with Gasteiger partial charge in [-0.3, -0.25) is 10.6 Å². The molecule has 122 valence electrons. The summed E-state index contributed by atoms with van der Waals surface area (Å²) >= 11 is 0. The molecule has 6 N–H and O–H groups in total. The molecule has 2 aliphatic heterocycles. The van der Waals surface area contributed by atoms with Crippen molar-refractivity contribution in [3.8, 4) is 0 Å². The highest BCUT2D eigenvalue weighted by molar-refractivity contribution is 5.71. The van der Waals surface area contributed by atoms with Crippen molar-refractivity contribution in [3.63, 3.8) is 0 Å². The summed E-state index contributed by atoms with van der Waals surface area (Å²) < 4.78 is 0. The summed E-state index contributed by atoms with van der Waals surface area (Å²) in [4.78, 5) is 8.76. The van der Waals surface area contributed by atoms with Gasteiger partial charge in [0.1, 0.15) is 13.1 Å². The zero-order chi connectivity index (χ0) is 13.6. The van der Waals surface area contributed by atoms with Crippen LogP contribution in [-0.4, -0.2) is 38.1 Å². The molecule has 0 amide bonds. The molecule has 6 nitrogen and oxygen atoms in total. The number of aliphatic imine (C=N–C) groups is 2. The van der Waals surface area contributed by atoms with Crippen molar-refractivity contribution in [2.75, 3.05) is 26.2 Å². The standard InChI is InChI=1S/C14H20N6.2HI/c1-2-11(9-19-13-15-4-5-16-13)8-12(3-1)10-20-14-17-6-7-18-14;;/h1-3,8H,4-7,9-10H2,(H2,15,16,19)(H2,17,18,20);2*1H. The lowest BCUT2D eigenvalue weighted by molar-refractivity contribution is -0.561. The molecule has 0 radical (unpaired) electrons. The fourth-order valence-corrected chi connectivity index (χ4v) is 2.42. The Hall–Kier alpha value is -0.460. The topological polar surface area (TPSA) is 82.0 Å². The van der Waals surface area contributed by atoms with Crippen LogP contribution in [-0.2, 0) is 13.1 Å². The molecule has 2 aliphatic rings. The molecule has 0 aliphatic carbocycles. The quantitative estimate of drug-likeness (QED) is 0.293. The van der Waals surface area contributed by atoms with Gasteiger partial charge < -0.3 is 58.6 Å². The third kappa shape index (κ3) is 5.97. The van der Waals surface area contributed by atoms with Crippen molar-refractivity contribution in [3.05, 3.63) is 35.4 Å². The summed E-state index contributed by atoms with van der Waals surface area (Å²) in [6.07, 6.45) is 0. The first-order chi connectivity index (χ1) is 9.90. The lowest BCUT2D eigenvalue weighted by Gasteiger charge is -2.05. The molecule has 0 spiro atoms. The number of hydrogen-bond acceptors (Lipinski definition) is 4. The first-order valence-electron chi connectivity index (χ1n) is 7.21. The molecule has 0 fully saturated rings. The number of nitrogens with zero attached hydrogens (tertiary/aromatic N) is 2. The number of halogens is 2. The molecule has 1 aromatic rings. The van der Waals surface area contributed by atoms with Gasteiger partial charge in [-0.25, -0.2) is 9.98 Å². The molecule has 8 heteroatoms. The third-order valence-electron chi connectivity index (χ3n) is 3.45. The minimum absolute atomic E-state index is 0. The number of nitrogens with one attached hydrogen (secondary N) is 2. The molecule has 0 bridgehead atoms. The highest BCUT2D eigenvalue weighted by Gasteiger charge is 2.10. The van der Waals surface area contributed by atoms with Crippen molar-refractivity contribution in [1.82, 2.24) is 10.6 Å². The van der Waals surface area contributed by atoms with E-state index in [0.29, 0.717) is 0 Å².